The third-order valence-corrected chi connectivity index (χ3v) is 6.93. The summed E-state index contributed by atoms with van der Waals surface area (Å²) in [6, 6.07) is 0. The van der Waals surface area contributed by atoms with Crippen molar-refractivity contribution >= 4 is 11.9 Å². The normalized spacial score (nSPS) is 70.2. The predicted molar refractivity (Wildman–Crippen MR) is 50.3 cm³/mol. The van der Waals surface area contributed by atoms with Crippen LogP contribution in [0.2, 0.25) is 0 Å². The zero-order chi connectivity index (χ0) is 11.0. The maximum absolute atomic E-state index is 11.5. The molecule has 0 heterocycles. The standard InChI is InChI=1S/C12H12O4/c13-9(14)11-4-2-1-3-6-5(4)8(11)12(6,7(3)11)10(15)16/h3-8H,1-2H2,(H,13,14)(H,15,16)/t3-,4-,5+,6+,7-,8-,11-,12+/m0/s1. The van der Waals surface area contributed by atoms with Gasteiger partial charge in [-0.05, 0) is 48.3 Å². The molecule has 0 spiro atoms. The fourth-order valence-electron chi connectivity index (χ4n) is 7.10. The summed E-state index contributed by atoms with van der Waals surface area (Å²) >= 11 is 0. The van der Waals surface area contributed by atoms with E-state index in [0.717, 1.165) is 12.8 Å². The lowest BCUT2D eigenvalue weighted by atomic mass is 9.01. The lowest BCUT2D eigenvalue weighted by molar-refractivity contribution is -0.532. The minimum absolute atomic E-state index is 0.00782. The van der Waals surface area contributed by atoms with Crippen LogP contribution in [0.4, 0.5) is 0 Å². The van der Waals surface area contributed by atoms with Gasteiger partial charge >= 0.3 is 11.9 Å². The first-order valence-electron chi connectivity index (χ1n) is 6.07. The Labute approximate surface area is 91.6 Å². The van der Waals surface area contributed by atoms with E-state index in [-0.39, 0.29) is 11.8 Å². The molecule has 16 heavy (non-hydrogen) atoms. The van der Waals surface area contributed by atoms with Crippen molar-refractivity contribution < 1.29 is 19.8 Å². The van der Waals surface area contributed by atoms with Crippen LogP contribution in [0, 0.1) is 46.3 Å². The Hall–Kier alpha value is -1.06. The van der Waals surface area contributed by atoms with E-state index in [0.29, 0.717) is 23.7 Å². The van der Waals surface area contributed by atoms with Gasteiger partial charge in [-0.25, -0.2) is 0 Å². The number of hydrogen-bond donors (Lipinski definition) is 2. The minimum Gasteiger partial charge on any atom is -0.481 e. The minimum atomic E-state index is -0.711. The lowest BCUT2D eigenvalue weighted by Crippen LogP contribution is -3.02. The van der Waals surface area contributed by atoms with Crippen molar-refractivity contribution in [1.82, 2.24) is 0 Å². The molecule has 4 heteroatoms. The highest BCUT2D eigenvalue weighted by atomic mass is 16.4. The van der Waals surface area contributed by atoms with E-state index in [1.807, 2.05) is 0 Å². The zero-order valence-electron chi connectivity index (χ0n) is 8.59. The van der Waals surface area contributed by atoms with E-state index >= 15 is 0 Å². The molecule has 84 valence electrons. The lowest BCUT2D eigenvalue weighted by Gasteiger charge is -2.99. The number of carboxylic acid groups (broad SMARTS) is 2. The average molecular weight is 220 g/mol. The largest absolute Gasteiger partial charge is 0.481 e. The molecule has 0 saturated heterocycles. The van der Waals surface area contributed by atoms with Crippen LogP contribution in [0.3, 0.4) is 0 Å². The molecule has 2 N–H and O–H groups in total. The summed E-state index contributed by atoms with van der Waals surface area (Å²) in [6.45, 7) is 0. The smallest absolute Gasteiger partial charge is 0.310 e. The summed E-state index contributed by atoms with van der Waals surface area (Å²) in [7, 11) is 0. The molecule has 6 aliphatic rings. The van der Waals surface area contributed by atoms with Crippen LogP contribution in [-0.2, 0) is 9.59 Å². The van der Waals surface area contributed by atoms with Crippen molar-refractivity contribution in [3.05, 3.63) is 0 Å². The summed E-state index contributed by atoms with van der Waals surface area (Å²) < 4.78 is 0. The highest BCUT2D eigenvalue weighted by molar-refractivity contribution is 5.93. The van der Waals surface area contributed by atoms with Gasteiger partial charge < -0.3 is 10.2 Å². The molecule has 0 unspecified atom stereocenters. The average Bonchev–Trinajstić information content (AvgIpc) is 2.14. The van der Waals surface area contributed by atoms with E-state index in [1.165, 1.54) is 0 Å². The molecule has 0 aromatic rings. The molecular formula is C12H12O4. The van der Waals surface area contributed by atoms with E-state index in [2.05, 4.69) is 0 Å². The molecule has 0 amide bonds. The number of carboxylic acids is 2. The number of hydrogen-bond acceptors (Lipinski definition) is 2. The second-order valence-electron chi connectivity index (χ2n) is 6.38. The van der Waals surface area contributed by atoms with Gasteiger partial charge in [-0.15, -0.1) is 0 Å². The van der Waals surface area contributed by atoms with Crippen LogP contribution in [0.15, 0.2) is 0 Å². The SMILES string of the molecule is O=C(O)[C@@]12[C@@H]3[C@@H]4CC[C@H]5[C@H]3[C@H]1[C@@]5(C(=O)O)[C@H]42. The van der Waals surface area contributed by atoms with Crippen molar-refractivity contribution in [2.24, 2.45) is 46.3 Å². The maximum Gasteiger partial charge on any atom is 0.310 e. The maximum atomic E-state index is 11.5. The first kappa shape index (κ1) is 8.09. The number of fused-ring (bicyclic) bond motifs is 1. The Morgan fingerprint density at radius 2 is 1.69 bits per heavy atom. The summed E-state index contributed by atoms with van der Waals surface area (Å²) in [5.74, 6) is 0.0975. The van der Waals surface area contributed by atoms with Gasteiger partial charge in [0.05, 0.1) is 10.8 Å². The molecule has 6 saturated carbocycles. The molecule has 0 aliphatic heterocycles. The second-order valence-corrected chi connectivity index (χ2v) is 6.38. The van der Waals surface area contributed by atoms with Gasteiger partial charge in [0.15, 0.2) is 0 Å². The molecule has 4 nitrogen and oxygen atoms in total. The first-order chi connectivity index (χ1) is 7.60. The van der Waals surface area contributed by atoms with Crippen molar-refractivity contribution in [2.75, 3.05) is 0 Å². The second kappa shape index (κ2) is 1.71. The van der Waals surface area contributed by atoms with Gasteiger partial charge in [0.2, 0.25) is 0 Å². The Morgan fingerprint density at radius 3 is 2.25 bits per heavy atom. The highest BCUT2D eigenvalue weighted by Crippen LogP contribution is 3.01. The monoisotopic (exact) mass is 220 g/mol. The number of rotatable bonds is 2. The Bertz CT molecular complexity index is 481. The Kier molecular flexibility index (Phi) is 0.865. The summed E-state index contributed by atoms with van der Waals surface area (Å²) in [6.07, 6.45) is 2.11. The predicted octanol–water partition coefficient (Wildman–Crippen LogP) is 0.674. The van der Waals surface area contributed by atoms with Gasteiger partial charge in [-0.3, -0.25) is 9.59 Å². The van der Waals surface area contributed by atoms with Crippen molar-refractivity contribution in [2.45, 2.75) is 12.8 Å². The number of aliphatic carboxylic acids is 2. The molecule has 0 aromatic heterocycles. The first-order valence-corrected chi connectivity index (χ1v) is 6.07. The summed E-state index contributed by atoms with van der Waals surface area (Å²) in [5.41, 5.74) is -1.18. The summed E-state index contributed by atoms with van der Waals surface area (Å²) in [4.78, 5) is 22.9. The van der Waals surface area contributed by atoms with Crippen molar-refractivity contribution in [3.63, 3.8) is 0 Å². The fourth-order valence-corrected chi connectivity index (χ4v) is 7.10. The van der Waals surface area contributed by atoms with Crippen LogP contribution in [0.1, 0.15) is 12.8 Å². The molecule has 8 atom stereocenters. The zero-order valence-corrected chi connectivity index (χ0v) is 8.59. The van der Waals surface area contributed by atoms with Crippen LogP contribution in [0.5, 0.6) is 0 Å². The van der Waals surface area contributed by atoms with Crippen LogP contribution < -0.4 is 0 Å². The highest BCUT2D eigenvalue weighted by Gasteiger charge is 3.05. The quantitative estimate of drug-likeness (QED) is 0.717. The number of carbonyl (C=O) groups is 2. The van der Waals surface area contributed by atoms with E-state index in [4.69, 9.17) is 0 Å². The van der Waals surface area contributed by atoms with Crippen molar-refractivity contribution in [3.8, 4) is 0 Å². The Morgan fingerprint density at radius 1 is 1.00 bits per heavy atom. The van der Waals surface area contributed by atoms with Gasteiger partial charge in [-0.1, -0.05) is 0 Å². The summed E-state index contributed by atoms with van der Waals surface area (Å²) in [5, 5.41) is 18.9. The third kappa shape index (κ3) is 0.356. The van der Waals surface area contributed by atoms with E-state index < -0.39 is 22.8 Å². The third-order valence-electron chi connectivity index (χ3n) is 6.93. The van der Waals surface area contributed by atoms with E-state index in [1.54, 1.807) is 0 Å². The molecule has 2 bridgehead atoms. The molecule has 6 aliphatic carbocycles. The fraction of sp³-hybridized carbons (Fsp3) is 0.833. The van der Waals surface area contributed by atoms with E-state index in [9.17, 15) is 19.8 Å². The molecule has 0 aromatic carbocycles. The molecular weight excluding hydrogens is 208 g/mol. The molecule has 6 fully saturated rings. The Balaban J connectivity index is 1.73. The van der Waals surface area contributed by atoms with Crippen molar-refractivity contribution in [1.29, 1.82) is 0 Å². The van der Waals surface area contributed by atoms with Gasteiger partial charge in [0.1, 0.15) is 0 Å². The van der Waals surface area contributed by atoms with Crippen LogP contribution in [0.25, 0.3) is 0 Å². The van der Waals surface area contributed by atoms with Crippen LogP contribution in [-0.4, -0.2) is 22.2 Å². The topological polar surface area (TPSA) is 74.6 Å². The molecule has 6 rings (SSSR count). The van der Waals surface area contributed by atoms with Crippen LogP contribution >= 0.6 is 0 Å². The molecule has 0 radical (unpaired) electrons. The van der Waals surface area contributed by atoms with Gasteiger partial charge in [-0.2, -0.15) is 0 Å². The van der Waals surface area contributed by atoms with Gasteiger partial charge in [0.25, 0.3) is 0 Å². The van der Waals surface area contributed by atoms with Gasteiger partial charge in [0, 0.05) is 0 Å².